The number of sulfonamides is 1. The number of rotatable bonds is 4. The molecule has 1 aromatic rings. The summed E-state index contributed by atoms with van der Waals surface area (Å²) in [5.41, 5.74) is 1.09. The van der Waals surface area contributed by atoms with Gasteiger partial charge in [-0.05, 0) is 24.8 Å². The highest BCUT2D eigenvalue weighted by Gasteiger charge is 2.46. The number of nitrogens with one attached hydrogen (secondary N) is 1. The molecule has 0 amide bonds. The molecular formula is C14H22N4O3S. The van der Waals surface area contributed by atoms with Crippen molar-refractivity contribution in [1.82, 2.24) is 14.7 Å². The van der Waals surface area contributed by atoms with E-state index in [2.05, 4.69) is 26.5 Å². The van der Waals surface area contributed by atoms with Crippen LogP contribution < -0.4 is 9.62 Å². The molecular weight excluding hydrogens is 304 g/mol. The maximum atomic E-state index is 11.6. The van der Waals surface area contributed by atoms with Crippen molar-refractivity contribution in [2.75, 3.05) is 24.3 Å². The van der Waals surface area contributed by atoms with Crippen molar-refractivity contribution >= 4 is 16.0 Å². The van der Waals surface area contributed by atoms with Gasteiger partial charge >= 0.3 is 0 Å². The first kappa shape index (κ1) is 15.6. The minimum Gasteiger partial charge on any atom is -0.374 e. The van der Waals surface area contributed by atoms with Crippen molar-refractivity contribution in [1.29, 1.82) is 0 Å². The molecule has 8 heteroatoms. The van der Waals surface area contributed by atoms with E-state index < -0.39 is 10.0 Å². The molecule has 3 rings (SSSR count). The summed E-state index contributed by atoms with van der Waals surface area (Å²) in [6, 6.07) is -0.129. The predicted molar refractivity (Wildman–Crippen MR) is 83.3 cm³/mol. The Morgan fingerprint density at radius 3 is 2.77 bits per heavy atom. The lowest BCUT2D eigenvalue weighted by Gasteiger charge is -2.32. The van der Waals surface area contributed by atoms with Crippen LogP contribution in [0.3, 0.4) is 0 Å². The molecule has 0 unspecified atom stereocenters. The summed E-state index contributed by atoms with van der Waals surface area (Å²) in [5, 5.41) is 0. The number of aromatic nitrogens is 2. The van der Waals surface area contributed by atoms with E-state index in [1.54, 1.807) is 0 Å². The average Bonchev–Trinajstić information content (AvgIpc) is 2.85. The molecule has 1 N–H and O–H groups in total. The fourth-order valence-electron chi connectivity index (χ4n) is 3.24. The Kier molecular flexibility index (Phi) is 4.33. The van der Waals surface area contributed by atoms with E-state index in [0.29, 0.717) is 19.1 Å². The van der Waals surface area contributed by atoms with Crippen molar-refractivity contribution in [3.8, 4) is 0 Å². The SMILES string of the molecule is CCc1cnc(N2C[C@@H](NS(C)(=O)=O)[C@H]3OCCC[C@H]32)nc1. The lowest BCUT2D eigenvalue weighted by atomic mass is 10.0. The highest BCUT2D eigenvalue weighted by Crippen LogP contribution is 2.31. The van der Waals surface area contributed by atoms with Crippen molar-refractivity contribution in [2.24, 2.45) is 0 Å². The molecule has 122 valence electrons. The van der Waals surface area contributed by atoms with Crippen molar-refractivity contribution in [3.63, 3.8) is 0 Å². The Morgan fingerprint density at radius 2 is 2.14 bits per heavy atom. The summed E-state index contributed by atoms with van der Waals surface area (Å²) in [7, 11) is -3.27. The van der Waals surface area contributed by atoms with E-state index in [-0.39, 0.29) is 18.2 Å². The standard InChI is InChI=1S/C14H22N4O3S/c1-3-10-7-15-14(16-8-10)18-9-11(17-22(2,19)20)13-12(18)5-4-6-21-13/h7-8,11-13,17H,3-6,9H2,1-2H3/t11-,12-,13-/m1/s1. The van der Waals surface area contributed by atoms with Crippen LogP contribution in [0, 0.1) is 0 Å². The molecule has 0 saturated carbocycles. The zero-order valence-corrected chi connectivity index (χ0v) is 13.7. The zero-order chi connectivity index (χ0) is 15.7. The van der Waals surface area contributed by atoms with Crippen LogP contribution in [0.2, 0.25) is 0 Å². The van der Waals surface area contributed by atoms with Gasteiger partial charge in [0.15, 0.2) is 0 Å². The van der Waals surface area contributed by atoms with E-state index >= 15 is 0 Å². The summed E-state index contributed by atoms with van der Waals surface area (Å²) in [4.78, 5) is 10.9. The smallest absolute Gasteiger partial charge is 0.225 e. The quantitative estimate of drug-likeness (QED) is 0.858. The first-order chi connectivity index (χ1) is 10.5. The van der Waals surface area contributed by atoms with E-state index in [1.807, 2.05) is 12.4 Å². The second-order valence-electron chi connectivity index (χ2n) is 5.94. The number of ether oxygens (including phenoxy) is 1. The summed E-state index contributed by atoms with van der Waals surface area (Å²) in [6.45, 7) is 3.27. The number of anilines is 1. The average molecular weight is 326 g/mol. The van der Waals surface area contributed by atoms with Gasteiger partial charge in [0.1, 0.15) is 0 Å². The molecule has 22 heavy (non-hydrogen) atoms. The van der Waals surface area contributed by atoms with Crippen LogP contribution in [0.4, 0.5) is 5.95 Å². The number of fused-ring (bicyclic) bond motifs is 1. The molecule has 3 heterocycles. The first-order valence-corrected chi connectivity index (χ1v) is 9.53. The van der Waals surface area contributed by atoms with Crippen LogP contribution in [-0.4, -0.2) is 56.0 Å². The Balaban J connectivity index is 1.84. The van der Waals surface area contributed by atoms with Crippen LogP contribution in [0.25, 0.3) is 0 Å². The van der Waals surface area contributed by atoms with Gasteiger partial charge in [-0.1, -0.05) is 6.92 Å². The van der Waals surface area contributed by atoms with E-state index in [0.717, 1.165) is 24.8 Å². The van der Waals surface area contributed by atoms with Gasteiger partial charge in [0, 0.05) is 25.5 Å². The largest absolute Gasteiger partial charge is 0.374 e. The van der Waals surface area contributed by atoms with Gasteiger partial charge < -0.3 is 9.64 Å². The fourth-order valence-corrected chi connectivity index (χ4v) is 4.00. The van der Waals surface area contributed by atoms with Crippen LogP contribution in [0.1, 0.15) is 25.3 Å². The highest BCUT2D eigenvalue weighted by molar-refractivity contribution is 7.88. The van der Waals surface area contributed by atoms with Gasteiger partial charge in [-0.25, -0.2) is 23.1 Å². The minimum atomic E-state index is -3.27. The normalized spacial score (nSPS) is 28.6. The van der Waals surface area contributed by atoms with Crippen molar-refractivity contribution < 1.29 is 13.2 Å². The van der Waals surface area contributed by atoms with E-state index in [1.165, 1.54) is 6.26 Å². The zero-order valence-electron chi connectivity index (χ0n) is 12.9. The molecule has 0 aliphatic carbocycles. The van der Waals surface area contributed by atoms with Crippen LogP contribution in [0.15, 0.2) is 12.4 Å². The molecule has 2 fully saturated rings. The van der Waals surface area contributed by atoms with E-state index in [4.69, 9.17) is 4.74 Å². The number of hydrogen-bond acceptors (Lipinski definition) is 6. The van der Waals surface area contributed by atoms with Crippen LogP contribution in [-0.2, 0) is 21.2 Å². The van der Waals surface area contributed by atoms with Gasteiger partial charge in [-0.3, -0.25) is 0 Å². The lowest BCUT2D eigenvalue weighted by Crippen LogP contribution is -2.47. The Hall–Kier alpha value is -1.25. The van der Waals surface area contributed by atoms with Gasteiger partial charge in [-0.15, -0.1) is 0 Å². The summed E-state index contributed by atoms with van der Waals surface area (Å²) >= 11 is 0. The van der Waals surface area contributed by atoms with Crippen molar-refractivity contribution in [3.05, 3.63) is 18.0 Å². The van der Waals surface area contributed by atoms with E-state index in [9.17, 15) is 8.42 Å². The maximum absolute atomic E-state index is 11.6. The molecule has 0 bridgehead atoms. The maximum Gasteiger partial charge on any atom is 0.225 e. The molecule has 3 atom stereocenters. The minimum absolute atomic E-state index is 0.125. The topological polar surface area (TPSA) is 84.4 Å². The molecule has 7 nitrogen and oxygen atoms in total. The molecule has 1 aromatic heterocycles. The summed E-state index contributed by atoms with van der Waals surface area (Å²) in [6.07, 6.45) is 7.53. The summed E-state index contributed by atoms with van der Waals surface area (Å²) in [5.74, 6) is 0.649. The highest BCUT2D eigenvalue weighted by atomic mass is 32.2. The molecule has 0 aromatic carbocycles. The Labute approximate surface area is 131 Å². The second kappa shape index (κ2) is 6.10. The fraction of sp³-hybridized carbons (Fsp3) is 0.714. The van der Waals surface area contributed by atoms with Crippen molar-refractivity contribution in [2.45, 2.75) is 44.4 Å². The molecule has 0 spiro atoms. The first-order valence-electron chi connectivity index (χ1n) is 7.64. The third kappa shape index (κ3) is 3.23. The van der Waals surface area contributed by atoms with Crippen LogP contribution in [0.5, 0.6) is 0 Å². The van der Waals surface area contributed by atoms with Gasteiger partial charge in [0.25, 0.3) is 0 Å². The molecule has 0 radical (unpaired) electrons. The molecule has 2 saturated heterocycles. The number of aryl methyl sites for hydroxylation is 1. The van der Waals surface area contributed by atoms with Gasteiger partial charge in [0.05, 0.1) is 24.4 Å². The van der Waals surface area contributed by atoms with Crippen LogP contribution >= 0.6 is 0 Å². The molecule has 2 aliphatic heterocycles. The Morgan fingerprint density at radius 1 is 1.41 bits per heavy atom. The summed E-state index contributed by atoms with van der Waals surface area (Å²) < 4.78 is 31.7. The third-order valence-electron chi connectivity index (χ3n) is 4.25. The van der Waals surface area contributed by atoms with Gasteiger partial charge in [-0.2, -0.15) is 0 Å². The predicted octanol–water partition coefficient (Wildman–Crippen LogP) is 0.324. The second-order valence-corrected chi connectivity index (χ2v) is 7.72. The van der Waals surface area contributed by atoms with Gasteiger partial charge in [0.2, 0.25) is 16.0 Å². The molecule has 2 aliphatic rings. The number of nitrogens with zero attached hydrogens (tertiary/aromatic N) is 3. The lowest BCUT2D eigenvalue weighted by molar-refractivity contribution is 0.00392. The number of hydrogen-bond donors (Lipinski definition) is 1. The monoisotopic (exact) mass is 326 g/mol. The Bertz CT molecular complexity index is 619. The third-order valence-corrected chi connectivity index (χ3v) is 4.98.